The van der Waals surface area contributed by atoms with Gasteiger partial charge >= 0.3 is 36.4 Å². The lowest BCUT2D eigenvalue weighted by atomic mass is 9.78. The van der Waals surface area contributed by atoms with Crippen molar-refractivity contribution >= 4 is 17.9 Å². The minimum Gasteiger partial charge on any atom is -0.475 e. The maximum absolute atomic E-state index is 10.6. The summed E-state index contributed by atoms with van der Waals surface area (Å²) in [7, 11) is 0. The maximum atomic E-state index is 10.6. The van der Waals surface area contributed by atoms with Gasteiger partial charge in [-0.15, -0.1) is 0 Å². The molecule has 0 aromatic carbocycles. The molecule has 1 spiro atoms. The molecule has 2 saturated heterocycles. The van der Waals surface area contributed by atoms with Crippen molar-refractivity contribution in [1.29, 1.82) is 0 Å². The third kappa shape index (κ3) is 16.2. The molecule has 270 valence electrons. The second kappa shape index (κ2) is 19.1. The predicted molar refractivity (Wildman–Crippen MR) is 145 cm³/mol. The molecule has 20 heteroatoms. The number of halogens is 9. The number of carboxylic acids is 3. The molecular formula is C28H32F9N3O8. The smallest absolute Gasteiger partial charge is 0.475 e. The number of aliphatic carboxylic acids is 3. The molecule has 2 aromatic heterocycles. The van der Waals surface area contributed by atoms with Crippen molar-refractivity contribution in [2.24, 2.45) is 5.92 Å². The Labute approximate surface area is 267 Å². The van der Waals surface area contributed by atoms with Crippen LogP contribution in [-0.4, -0.2) is 98.5 Å². The van der Waals surface area contributed by atoms with E-state index in [1.807, 2.05) is 36.8 Å². The van der Waals surface area contributed by atoms with Crippen LogP contribution in [0.25, 0.3) is 0 Å². The van der Waals surface area contributed by atoms with Gasteiger partial charge in [0.15, 0.2) is 0 Å². The largest absolute Gasteiger partial charge is 0.490 e. The summed E-state index contributed by atoms with van der Waals surface area (Å²) in [5.74, 6) is -7.65. The molecule has 3 N–H and O–H groups in total. The zero-order chi connectivity index (χ0) is 36.6. The number of aromatic nitrogens is 2. The normalized spacial score (nSPS) is 17.5. The summed E-state index contributed by atoms with van der Waals surface area (Å²) < 4.78 is 107. The van der Waals surface area contributed by atoms with Crippen LogP contribution in [0, 0.1) is 5.92 Å². The van der Waals surface area contributed by atoms with Crippen LogP contribution in [0.1, 0.15) is 36.9 Å². The number of carboxylic acid groups (broad SMARTS) is 3. The fourth-order valence-corrected chi connectivity index (χ4v) is 4.45. The average molecular weight is 710 g/mol. The van der Waals surface area contributed by atoms with Crippen LogP contribution in [0.2, 0.25) is 0 Å². The molecule has 1 unspecified atom stereocenters. The molecule has 4 heterocycles. The van der Waals surface area contributed by atoms with E-state index in [2.05, 4.69) is 27.0 Å². The highest BCUT2D eigenvalue weighted by molar-refractivity contribution is 5.73. The van der Waals surface area contributed by atoms with Crippen molar-refractivity contribution in [2.75, 3.05) is 26.3 Å². The van der Waals surface area contributed by atoms with Gasteiger partial charge in [0.25, 0.3) is 0 Å². The Morgan fingerprint density at radius 3 is 1.77 bits per heavy atom. The Morgan fingerprint density at radius 2 is 1.33 bits per heavy atom. The average Bonchev–Trinajstić information content (AvgIpc) is 3.38. The first-order valence-corrected chi connectivity index (χ1v) is 13.8. The molecule has 48 heavy (non-hydrogen) atoms. The molecule has 2 aliphatic rings. The number of nitrogens with zero attached hydrogens (tertiary/aromatic N) is 3. The number of carbonyl (C=O) groups is 3. The highest BCUT2D eigenvalue weighted by atomic mass is 19.4. The van der Waals surface area contributed by atoms with Gasteiger partial charge in [-0.3, -0.25) is 14.9 Å². The second-order valence-corrected chi connectivity index (χ2v) is 10.1. The van der Waals surface area contributed by atoms with E-state index in [1.54, 1.807) is 0 Å². The Balaban J connectivity index is 0.000000448. The molecule has 2 aromatic rings. The van der Waals surface area contributed by atoms with Crippen molar-refractivity contribution < 1.29 is 78.7 Å². The summed E-state index contributed by atoms with van der Waals surface area (Å²) in [5.41, 5.74) is 2.41. The highest BCUT2D eigenvalue weighted by Crippen LogP contribution is 2.42. The predicted octanol–water partition coefficient (Wildman–Crippen LogP) is 5.35. The van der Waals surface area contributed by atoms with Gasteiger partial charge in [-0.05, 0) is 61.4 Å². The number of pyridine rings is 2. The van der Waals surface area contributed by atoms with Crippen LogP contribution in [0.3, 0.4) is 0 Å². The fraction of sp³-hybridized carbons (Fsp3) is 0.536. The van der Waals surface area contributed by atoms with Gasteiger partial charge in [-0.2, -0.15) is 39.5 Å². The van der Waals surface area contributed by atoms with Crippen molar-refractivity contribution in [3.63, 3.8) is 0 Å². The summed E-state index contributed by atoms with van der Waals surface area (Å²) in [6.45, 7) is 5.48. The molecule has 1 atom stereocenters. The quantitative estimate of drug-likeness (QED) is 0.251. The van der Waals surface area contributed by atoms with Crippen LogP contribution < -0.4 is 0 Å². The van der Waals surface area contributed by atoms with Gasteiger partial charge in [-0.25, -0.2) is 14.4 Å². The van der Waals surface area contributed by atoms with Crippen LogP contribution in [0.15, 0.2) is 48.9 Å². The van der Waals surface area contributed by atoms with Crippen molar-refractivity contribution in [3.8, 4) is 0 Å². The zero-order valence-corrected chi connectivity index (χ0v) is 24.9. The third-order valence-corrected chi connectivity index (χ3v) is 6.77. The molecule has 0 amide bonds. The Morgan fingerprint density at radius 1 is 0.833 bits per heavy atom. The summed E-state index contributed by atoms with van der Waals surface area (Å²) >= 11 is 0. The number of hydrogen-bond acceptors (Lipinski definition) is 8. The molecule has 2 fully saturated rings. The van der Waals surface area contributed by atoms with Crippen LogP contribution in [0.5, 0.6) is 0 Å². The molecule has 0 aliphatic carbocycles. The number of rotatable bonds is 7. The monoisotopic (exact) mass is 709 g/mol. The van der Waals surface area contributed by atoms with Gasteiger partial charge in [0.1, 0.15) is 0 Å². The third-order valence-electron chi connectivity index (χ3n) is 6.77. The fourth-order valence-electron chi connectivity index (χ4n) is 4.45. The minimum atomic E-state index is -5.08. The highest BCUT2D eigenvalue weighted by Gasteiger charge is 2.45. The number of piperidine rings is 1. The van der Waals surface area contributed by atoms with E-state index in [1.165, 1.54) is 12.0 Å². The second-order valence-electron chi connectivity index (χ2n) is 10.1. The maximum Gasteiger partial charge on any atom is 0.490 e. The lowest BCUT2D eigenvalue weighted by Gasteiger charge is -2.42. The van der Waals surface area contributed by atoms with Crippen molar-refractivity contribution in [3.05, 3.63) is 60.2 Å². The van der Waals surface area contributed by atoms with E-state index in [0.29, 0.717) is 12.5 Å². The Hall–Kier alpha value is -4.04. The van der Waals surface area contributed by atoms with Crippen LogP contribution in [-0.2, 0) is 37.0 Å². The number of ether oxygens (including phenoxy) is 2. The van der Waals surface area contributed by atoms with E-state index >= 15 is 0 Å². The lowest BCUT2D eigenvalue weighted by molar-refractivity contribution is -0.193. The SMILES string of the molecule is O=C(O)C(F)(F)F.O=C(O)C(F)(F)F.O=C(O)C(F)(F)F.c1ccc(CN2CCC3(CC2)OCCC3CCOCc2ccncc2)nc1. The van der Waals surface area contributed by atoms with E-state index in [0.717, 1.165) is 57.8 Å². The van der Waals surface area contributed by atoms with E-state index in [9.17, 15) is 39.5 Å². The molecule has 0 bridgehead atoms. The first kappa shape index (κ1) is 42.0. The van der Waals surface area contributed by atoms with E-state index < -0.39 is 36.4 Å². The first-order valence-electron chi connectivity index (χ1n) is 13.8. The van der Waals surface area contributed by atoms with Crippen LogP contribution in [0.4, 0.5) is 39.5 Å². The summed E-state index contributed by atoms with van der Waals surface area (Å²) in [4.78, 5) is 37.7. The molecule has 0 radical (unpaired) electrons. The number of likely N-dealkylation sites (tertiary alicyclic amines) is 1. The van der Waals surface area contributed by atoms with Gasteiger partial charge in [0.2, 0.25) is 0 Å². The van der Waals surface area contributed by atoms with Gasteiger partial charge in [0, 0.05) is 51.4 Å². The van der Waals surface area contributed by atoms with Crippen LogP contribution >= 0.6 is 0 Å². The number of hydrogen-bond donors (Lipinski definition) is 3. The summed E-state index contributed by atoms with van der Waals surface area (Å²) in [5, 5.41) is 21.4. The topological polar surface area (TPSA) is 159 Å². The van der Waals surface area contributed by atoms with E-state index in [-0.39, 0.29) is 5.60 Å². The Bertz CT molecular complexity index is 1200. The zero-order valence-electron chi connectivity index (χ0n) is 24.9. The molecule has 4 rings (SSSR count). The van der Waals surface area contributed by atoms with E-state index in [4.69, 9.17) is 39.2 Å². The Kier molecular flexibility index (Phi) is 16.7. The molecular weight excluding hydrogens is 677 g/mol. The summed E-state index contributed by atoms with van der Waals surface area (Å²) in [6.07, 6.45) is -5.24. The summed E-state index contributed by atoms with van der Waals surface area (Å²) in [6, 6.07) is 10.2. The van der Waals surface area contributed by atoms with Crippen molar-refractivity contribution in [1.82, 2.24) is 14.9 Å². The van der Waals surface area contributed by atoms with Gasteiger partial charge < -0.3 is 24.8 Å². The van der Waals surface area contributed by atoms with Crippen molar-refractivity contribution in [2.45, 2.75) is 63.0 Å². The molecule has 2 aliphatic heterocycles. The minimum absolute atomic E-state index is 0.0701. The standard InChI is InChI=1S/C22H29N3O2.3C2HF3O2/c1-2-10-24-21(3-1)17-25-13-8-22(9-14-25)20(7-16-27-22)6-15-26-18-19-4-11-23-12-5-19;3*3-2(4,5)1(6)7/h1-5,10-12,20H,6-9,13-18H2;3*(H,6,7). The number of alkyl halides is 9. The first-order chi connectivity index (χ1) is 22.2. The molecule has 0 saturated carbocycles. The molecule has 11 nitrogen and oxygen atoms in total. The van der Waals surface area contributed by atoms with Gasteiger partial charge in [0.05, 0.1) is 17.9 Å². The van der Waals surface area contributed by atoms with Gasteiger partial charge in [-0.1, -0.05) is 6.07 Å². The lowest BCUT2D eigenvalue weighted by Crippen LogP contribution is -2.47.